The third-order valence-electron chi connectivity index (χ3n) is 6.24. The SMILES string of the molecule is COc1cccc(CC2CCC(O)(c3ccc(Cl)c(C(F)(F)F)c3)C(CN(C)C)C2)c1. The number of ether oxygens (including phenoxy) is 1. The summed E-state index contributed by atoms with van der Waals surface area (Å²) in [6, 6.07) is 11.7. The zero-order chi connectivity index (χ0) is 22.8. The van der Waals surface area contributed by atoms with Gasteiger partial charge in [0.25, 0.3) is 0 Å². The molecule has 0 aliphatic heterocycles. The normalized spacial score (nSPS) is 24.4. The monoisotopic (exact) mass is 455 g/mol. The zero-order valence-corrected chi connectivity index (χ0v) is 18.8. The fourth-order valence-electron chi connectivity index (χ4n) is 4.72. The molecule has 7 heteroatoms. The number of halogens is 4. The molecule has 0 aromatic heterocycles. The highest BCUT2D eigenvalue weighted by atomic mass is 35.5. The van der Waals surface area contributed by atoms with Crippen LogP contribution in [-0.2, 0) is 18.2 Å². The summed E-state index contributed by atoms with van der Waals surface area (Å²) in [5.41, 5.74) is -0.790. The molecule has 0 radical (unpaired) electrons. The number of rotatable bonds is 6. The van der Waals surface area contributed by atoms with E-state index in [1.54, 1.807) is 7.11 Å². The number of benzene rings is 2. The smallest absolute Gasteiger partial charge is 0.417 e. The minimum atomic E-state index is -4.57. The summed E-state index contributed by atoms with van der Waals surface area (Å²) in [5.74, 6) is 0.927. The second-order valence-corrected chi connectivity index (χ2v) is 9.18. The maximum absolute atomic E-state index is 13.4. The van der Waals surface area contributed by atoms with Crippen molar-refractivity contribution >= 4 is 11.6 Å². The van der Waals surface area contributed by atoms with E-state index < -0.39 is 17.3 Å². The summed E-state index contributed by atoms with van der Waals surface area (Å²) in [6.45, 7) is 0.578. The lowest BCUT2D eigenvalue weighted by atomic mass is 9.66. The van der Waals surface area contributed by atoms with Gasteiger partial charge in [-0.1, -0.05) is 29.8 Å². The van der Waals surface area contributed by atoms with Gasteiger partial charge in [0.2, 0.25) is 0 Å². The van der Waals surface area contributed by atoms with Crippen LogP contribution in [0.1, 0.15) is 36.0 Å². The quantitative estimate of drug-likeness (QED) is 0.599. The molecule has 3 atom stereocenters. The number of hydrogen-bond donors (Lipinski definition) is 1. The van der Waals surface area contributed by atoms with Crippen molar-refractivity contribution < 1.29 is 23.0 Å². The number of nitrogens with zero attached hydrogens (tertiary/aromatic N) is 1. The van der Waals surface area contributed by atoms with Crippen LogP contribution in [0.5, 0.6) is 5.75 Å². The van der Waals surface area contributed by atoms with E-state index in [1.807, 2.05) is 37.2 Å². The minimum absolute atomic E-state index is 0.200. The first kappa shape index (κ1) is 23.9. The fraction of sp³-hybridized carbons (Fsp3) is 0.500. The molecule has 0 saturated heterocycles. The van der Waals surface area contributed by atoms with Gasteiger partial charge in [0.1, 0.15) is 5.75 Å². The van der Waals surface area contributed by atoms with Crippen molar-refractivity contribution in [1.82, 2.24) is 4.90 Å². The predicted octanol–water partition coefficient (Wildman–Crippen LogP) is 5.78. The Bertz CT molecular complexity index is 903. The molecule has 0 bridgehead atoms. The van der Waals surface area contributed by atoms with Crippen LogP contribution in [0.25, 0.3) is 0 Å². The van der Waals surface area contributed by atoms with Crippen molar-refractivity contribution in [1.29, 1.82) is 0 Å². The number of hydrogen-bond acceptors (Lipinski definition) is 3. The highest BCUT2D eigenvalue weighted by Gasteiger charge is 2.45. The van der Waals surface area contributed by atoms with Gasteiger partial charge in [-0.3, -0.25) is 0 Å². The average Bonchev–Trinajstić information content (AvgIpc) is 2.70. The maximum Gasteiger partial charge on any atom is 0.417 e. The summed E-state index contributed by atoms with van der Waals surface area (Å²) in [7, 11) is 5.46. The van der Waals surface area contributed by atoms with Crippen LogP contribution in [0.3, 0.4) is 0 Å². The minimum Gasteiger partial charge on any atom is -0.497 e. The predicted molar refractivity (Wildman–Crippen MR) is 116 cm³/mol. The van der Waals surface area contributed by atoms with Crippen molar-refractivity contribution in [2.24, 2.45) is 11.8 Å². The molecule has 1 N–H and O–H groups in total. The summed E-state index contributed by atoms with van der Waals surface area (Å²) in [5, 5.41) is 11.3. The second-order valence-electron chi connectivity index (χ2n) is 8.77. The molecule has 1 saturated carbocycles. The van der Waals surface area contributed by atoms with Crippen molar-refractivity contribution in [2.45, 2.75) is 37.5 Å². The molecular formula is C24H29ClF3NO2. The third-order valence-corrected chi connectivity index (χ3v) is 6.57. The van der Waals surface area contributed by atoms with E-state index in [1.165, 1.54) is 12.1 Å². The van der Waals surface area contributed by atoms with Crippen LogP contribution in [0.2, 0.25) is 5.02 Å². The summed E-state index contributed by atoms with van der Waals surface area (Å²) in [6.07, 6.45) is -1.88. The van der Waals surface area contributed by atoms with Gasteiger partial charge in [0.05, 0.1) is 23.3 Å². The van der Waals surface area contributed by atoms with E-state index in [4.69, 9.17) is 16.3 Å². The molecule has 1 aliphatic rings. The number of methoxy groups -OCH3 is 1. The van der Waals surface area contributed by atoms with Crippen LogP contribution in [0.15, 0.2) is 42.5 Å². The molecule has 31 heavy (non-hydrogen) atoms. The highest BCUT2D eigenvalue weighted by Crippen LogP contribution is 2.47. The van der Waals surface area contributed by atoms with E-state index in [2.05, 4.69) is 6.07 Å². The first-order valence-electron chi connectivity index (χ1n) is 10.4. The second kappa shape index (κ2) is 9.39. The Morgan fingerprint density at radius 2 is 1.94 bits per heavy atom. The van der Waals surface area contributed by atoms with Gasteiger partial charge in [-0.15, -0.1) is 0 Å². The van der Waals surface area contributed by atoms with Crippen molar-refractivity contribution in [3.8, 4) is 5.75 Å². The highest BCUT2D eigenvalue weighted by molar-refractivity contribution is 6.31. The van der Waals surface area contributed by atoms with Gasteiger partial charge >= 0.3 is 6.18 Å². The van der Waals surface area contributed by atoms with Crippen LogP contribution in [0.4, 0.5) is 13.2 Å². The van der Waals surface area contributed by atoms with Crippen molar-refractivity contribution in [3.63, 3.8) is 0 Å². The standard InChI is InChI=1S/C24H29ClF3NO2/c1-29(2)15-19-12-17(11-16-5-4-6-20(13-16)31-3)9-10-23(19,30)18-7-8-22(25)21(14-18)24(26,27)28/h4-8,13-14,17,19,30H,9-12,15H2,1-3H3. The average molecular weight is 456 g/mol. The van der Waals surface area contributed by atoms with Gasteiger partial charge in [-0.25, -0.2) is 0 Å². The number of alkyl halides is 3. The Balaban J connectivity index is 1.87. The molecule has 1 aliphatic carbocycles. The Morgan fingerprint density at radius 3 is 2.58 bits per heavy atom. The van der Waals surface area contributed by atoms with Crippen LogP contribution < -0.4 is 4.74 Å². The first-order chi connectivity index (χ1) is 14.5. The molecule has 1 fully saturated rings. The van der Waals surface area contributed by atoms with Crippen molar-refractivity contribution in [2.75, 3.05) is 27.7 Å². The van der Waals surface area contributed by atoms with E-state index in [9.17, 15) is 18.3 Å². The van der Waals surface area contributed by atoms with Gasteiger partial charge < -0.3 is 14.7 Å². The first-order valence-corrected chi connectivity index (χ1v) is 10.8. The fourth-order valence-corrected chi connectivity index (χ4v) is 4.94. The van der Waals surface area contributed by atoms with Crippen LogP contribution >= 0.6 is 11.6 Å². The lowest BCUT2D eigenvalue weighted by Crippen LogP contribution is -2.45. The van der Waals surface area contributed by atoms with Gasteiger partial charge in [0.15, 0.2) is 0 Å². The molecule has 3 rings (SSSR count). The molecule has 3 nitrogen and oxygen atoms in total. The lowest BCUT2D eigenvalue weighted by Gasteiger charge is -2.45. The van der Waals surface area contributed by atoms with Gasteiger partial charge in [-0.05, 0) is 81.1 Å². The van der Waals surface area contributed by atoms with Gasteiger partial charge in [-0.2, -0.15) is 13.2 Å². The van der Waals surface area contributed by atoms with E-state index in [0.717, 1.165) is 36.6 Å². The van der Waals surface area contributed by atoms with Crippen LogP contribution in [0, 0.1) is 11.8 Å². The Hall–Kier alpha value is -1.76. The van der Waals surface area contributed by atoms with E-state index in [-0.39, 0.29) is 16.5 Å². The summed E-state index contributed by atoms with van der Waals surface area (Å²) >= 11 is 5.80. The molecule has 0 spiro atoms. The molecule has 2 aromatic rings. The molecule has 0 amide bonds. The molecule has 0 heterocycles. The third kappa shape index (κ3) is 5.54. The summed E-state index contributed by atoms with van der Waals surface area (Å²) in [4.78, 5) is 1.98. The van der Waals surface area contributed by atoms with Crippen molar-refractivity contribution in [3.05, 3.63) is 64.2 Å². The maximum atomic E-state index is 13.4. The molecular weight excluding hydrogens is 427 g/mol. The Labute approximate surface area is 186 Å². The molecule has 2 aromatic carbocycles. The zero-order valence-electron chi connectivity index (χ0n) is 18.0. The van der Waals surface area contributed by atoms with E-state index in [0.29, 0.717) is 18.9 Å². The van der Waals surface area contributed by atoms with Crippen LogP contribution in [-0.4, -0.2) is 37.8 Å². The summed E-state index contributed by atoms with van der Waals surface area (Å²) < 4.78 is 45.5. The van der Waals surface area contributed by atoms with Gasteiger partial charge in [0, 0.05) is 12.5 Å². The van der Waals surface area contributed by atoms with E-state index >= 15 is 0 Å². The number of aliphatic hydroxyl groups is 1. The topological polar surface area (TPSA) is 32.7 Å². The molecule has 3 unspecified atom stereocenters. The lowest BCUT2D eigenvalue weighted by molar-refractivity contribution is -0.137. The largest absolute Gasteiger partial charge is 0.497 e. The Morgan fingerprint density at radius 1 is 1.19 bits per heavy atom. The molecule has 170 valence electrons. The Kier molecular flexibility index (Phi) is 7.24.